The largest absolute Gasteiger partial charge is 0.394 e. The second kappa shape index (κ2) is 25.5. The van der Waals surface area contributed by atoms with Crippen molar-refractivity contribution in [2.45, 2.75) is 148 Å². The molecular formula is C29H55NO3. The van der Waals surface area contributed by atoms with Gasteiger partial charge in [0.15, 0.2) is 0 Å². The van der Waals surface area contributed by atoms with Crippen LogP contribution in [0.1, 0.15) is 136 Å². The molecule has 4 heteroatoms. The molecular weight excluding hydrogens is 410 g/mol. The zero-order valence-electron chi connectivity index (χ0n) is 21.9. The number of allylic oxidation sites excluding steroid dienone is 3. The highest BCUT2D eigenvalue weighted by molar-refractivity contribution is 5.76. The third-order valence-corrected chi connectivity index (χ3v) is 6.19. The van der Waals surface area contributed by atoms with Gasteiger partial charge in [0.05, 0.1) is 18.8 Å². The Labute approximate surface area is 205 Å². The van der Waals surface area contributed by atoms with Gasteiger partial charge in [0, 0.05) is 6.42 Å². The number of carbonyl (C=O) groups excluding carboxylic acids is 1. The number of unbranched alkanes of at least 4 members (excludes halogenated alkanes) is 15. The Morgan fingerprint density at radius 2 is 1.18 bits per heavy atom. The van der Waals surface area contributed by atoms with Gasteiger partial charge >= 0.3 is 0 Å². The minimum Gasteiger partial charge on any atom is -0.394 e. The number of carbonyl (C=O) groups is 1. The molecule has 194 valence electrons. The van der Waals surface area contributed by atoms with Gasteiger partial charge in [-0.05, 0) is 32.1 Å². The van der Waals surface area contributed by atoms with Crippen molar-refractivity contribution < 1.29 is 15.0 Å². The van der Waals surface area contributed by atoms with Gasteiger partial charge in [-0.25, -0.2) is 0 Å². The van der Waals surface area contributed by atoms with Crippen LogP contribution in [0.25, 0.3) is 0 Å². The third-order valence-electron chi connectivity index (χ3n) is 6.19. The van der Waals surface area contributed by atoms with Crippen LogP contribution < -0.4 is 5.32 Å². The first-order valence-corrected chi connectivity index (χ1v) is 14.1. The van der Waals surface area contributed by atoms with Crippen LogP contribution in [-0.2, 0) is 4.79 Å². The molecule has 0 heterocycles. The molecule has 0 radical (unpaired) electrons. The van der Waals surface area contributed by atoms with E-state index < -0.39 is 12.1 Å². The molecule has 0 rings (SSSR count). The van der Waals surface area contributed by atoms with Gasteiger partial charge in [-0.2, -0.15) is 0 Å². The van der Waals surface area contributed by atoms with Crippen LogP contribution >= 0.6 is 0 Å². The first-order chi connectivity index (χ1) is 16.2. The average molecular weight is 466 g/mol. The van der Waals surface area contributed by atoms with E-state index in [2.05, 4.69) is 31.3 Å². The lowest BCUT2D eigenvalue weighted by atomic mass is 10.1. The predicted molar refractivity (Wildman–Crippen MR) is 142 cm³/mol. The molecule has 0 saturated carbocycles. The fourth-order valence-electron chi connectivity index (χ4n) is 3.95. The van der Waals surface area contributed by atoms with E-state index >= 15 is 0 Å². The highest BCUT2D eigenvalue weighted by Crippen LogP contribution is 2.11. The molecule has 0 spiro atoms. The van der Waals surface area contributed by atoms with E-state index in [-0.39, 0.29) is 12.5 Å². The van der Waals surface area contributed by atoms with Crippen LogP contribution in [0.15, 0.2) is 24.3 Å². The molecule has 3 N–H and O–H groups in total. The Morgan fingerprint density at radius 1 is 0.697 bits per heavy atom. The summed E-state index contributed by atoms with van der Waals surface area (Å²) in [6.45, 7) is 4.22. The van der Waals surface area contributed by atoms with Crippen molar-refractivity contribution in [1.29, 1.82) is 0 Å². The van der Waals surface area contributed by atoms with Crippen molar-refractivity contribution in [3.63, 3.8) is 0 Å². The molecule has 0 aromatic rings. The molecule has 0 aliphatic heterocycles. The van der Waals surface area contributed by atoms with Gasteiger partial charge < -0.3 is 15.5 Å². The minimum absolute atomic E-state index is 0.0806. The first kappa shape index (κ1) is 31.9. The molecule has 0 aromatic carbocycles. The number of rotatable bonds is 24. The molecule has 0 aromatic heterocycles. The predicted octanol–water partition coefficient (Wildman–Crippen LogP) is 7.39. The lowest BCUT2D eigenvalue weighted by Crippen LogP contribution is -2.45. The van der Waals surface area contributed by atoms with Gasteiger partial charge in [-0.15, -0.1) is 0 Å². The summed E-state index contributed by atoms with van der Waals surface area (Å²) in [5.74, 6) is -0.0806. The smallest absolute Gasteiger partial charge is 0.220 e. The Kier molecular flexibility index (Phi) is 24.6. The summed E-state index contributed by atoms with van der Waals surface area (Å²) < 4.78 is 0. The van der Waals surface area contributed by atoms with Crippen LogP contribution in [0.4, 0.5) is 0 Å². The van der Waals surface area contributed by atoms with Gasteiger partial charge in [0.1, 0.15) is 0 Å². The van der Waals surface area contributed by atoms with E-state index in [1.165, 1.54) is 83.5 Å². The second-order valence-corrected chi connectivity index (χ2v) is 9.46. The van der Waals surface area contributed by atoms with Gasteiger partial charge in [0.2, 0.25) is 5.91 Å². The van der Waals surface area contributed by atoms with Crippen molar-refractivity contribution in [2.75, 3.05) is 6.61 Å². The van der Waals surface area contributed by atoms with E-state index in [0.717, 1.165) is 32.1 Å². The van der Waals surface area contributed by atoms with E-state index in [0.29, 0.717) is 6.42 Å². The van der Waals surface area contributed by atoms with Gasteiger partial charge in [-0.3, -0.25) is 4.79 Å². The average Bonchev–Trinajstić information content (AvgIpc) is 2.82. The first-order valence-electron chi connectivity index (χ1n) is 14.1. The summed E-state index contributed by atoms with van der Waals surface area (Å²) in [7, 11) is 0. The van der Waals surface area contributed by atoms with Gasteiger partial charge in [0.25, 0.3) is 0 Å². The lowest BCUT2D eigenvalue weighted by Gasteiger charge is -2.19. The summed E-state index contributed by atoms with van der Waals surface area (Å²) >= 11 is 0. The van der Waals surface area contributed by atoms with Crippen LogP contribution in [0.5, 0.6) is 0 Å². The maximum atomic E-state index is 12.1. The number of aliphatic hydroxyl groups is 2. The van der Waals surface area contributed by atoms with Crippen LogP contribution in [0.3, 0.4) is 0 Å². The third kappa shape index (κ3) is 22.4. The van der Waals surface area contributed by atoms with E-state index in [4.69, 9.17) is 0 Å². The molecule has 0 bridgehead atoms. The minimum atomic E-state index is -0.853. The summed E-state index contributed by atoms with van der Waals surface area (Å²) in [5, 5.41) is 22.6. The number of amides is 1. The molecule has 0 fully saturated rings. The number of nitrogens with one attached hydrogen (secondary N) is 1. The molecule has 1 amide bonds. The monoisotopic (exact) mass is 465 g/mol. The van der Waals surface area contributed by atoms with Gasteiger partial charge in [-0.1, -0.05) is 122 Å². The standard InChI is InChI=1S/C29H55NO3/c1-3-5-7-9-11-13-15-16-18-20-22-24-28(32)27(26-31)30-29(33)25-23-21-19-17-14-12-10-8-6-4-2/h15-16,22,24,27-28,31-32H,3-14,17-21,23,25-26H2,1-2H3,(H,30,33)/b16-15+,24-22+. The van der Waals surface area contributed by atoms with E-state index in [1.807, 2.05) is 6.08 Å². The molecule has 0 aliphatic carbocycles. The van der Waals surface area contributed by atoms with Crippen molar-refractivity contribution >= 4 is 5.91 Å². The SMILES string of the molecule is CCCCCCC/C=C/CC/C=C/C(O)C(CO)NC(=O)CCCCCCCCCCCC. The maximum absolute atomic E-state index is 12.1. The van der Waals surface area contributed by atoms with Crippen molar-refractivity contribution in [3.8, 4) is 0 Å². The second-order valence-electron chi connectivity index (χ2n) is 9.46. The number of aliphatic hydroxyl groups excluding tert-OH is 2. The number of hydrogen-bond acceptors (Lipinski definition) is 3. The highest BCUT2D eigenvalue weighted by Gasteiger charge is 2.17. The Morgan fingerprint density at radius 3 is 1.76 bits per heavy atom. The molecule has 0 saturated heterocycles. The lowest BCUT2D eigenvalue weighted by molar-refractivity contribution is -0.123. The van der Waals surface area contributed by atoms with Crippen LogP contribution in [-0.4, -0.2) is 34.9 Å². The molecule has 2 unspecified atom stereocenters. The summed E-state index contributed by atoms with van der Waals surface area (Å²) in [6, 6.07) is -0.629. The van der Waals surface area contributed by atoms with Crippen LogP contribution in [0.2, 0.25) is 0 Å². The van der Waals surface area contributed by atoms with Crippen molar-refractivity contribution in [1.82, 2.24) is 5.32 Å². The van der Waals surface area contributed by atoms with E-state index in [9.17, 15) is 15.0 Å². The zero-order chi connectivity index (χ0) is 24.4. The number of hydrogen-bond donors (Lipinski definition) is 3. The summed E-state index contributed by atoms with van der Waals surface area (Å²) in [6.07, 6.45) is 29.6. The topological polar surface area (TPSA) is 69.6 Å². The zero-order valence-corrected chi connectivity index (χ0v) is 21.9. The van der Waals surface area contributed by atoms with Crippen LogP contribution in [0, 0.1) is 0 Å². The summed E-state index contributed by atoms with van der Waals surface area (Å²) in [4.78, 5) is 12.1. The fraction of sp³-hybridized carbons (Fsp3) is 0.828. The van der Waals surface area contributed by atoms with Crippen molar-refractivity contribution in [3.05, 3.63) is 24.3 Å². The Bertz CT molecular complexity index is 475. The summed E-state index contributed by atoms with van der Waals surface area (Å²) in [5.41, 5.74) is 0. The van der Waals surface area contributed by atoms with E-state index in [1.54, 1.807) is 6.08 Å². The molecule has 2 atom stereocenters. The quantitative estimate of drug-likeness (QED) is 0.103. The fourth-order valence-corrected chi connectivity index (χ4v) is 3.95. The normalized spacial score (nSPS) is 13.7. The molecule has 0 aliphatic rings. The Balaban J connectivity index is 3.78. The maximum Gasteiger partial charge on any atom is 0.220 e. The highest BCUT2D eigenvalue weighted by atomic mass is 16.3. The van der Waals surface area contributed by atoms with Crippen molar-refractivity contribution in [2.24, 2.45) is 0 Å². The molecule has 33 heavy (non-hydrogen) atoms. The molecule has 4 nitrogen and oxygen atoms in total. The Hall–Kier alpha value is -1.13.